The molecule has 0 saturated heterocycles. The molecule has 0 saturated carbocycles. The van der Waals surface area contributed by atoms with Crippen molar-refractivity contribution in [1.82, 2.24) is 4.98 Å². The van der Waals surface area contributed by atoms with Crippen molar-refractivity contribution in [3.05, 3.63) is 93.6 Å². The average Bonchev–Trinajstić information content (AvgIpc) is 2.61. The predicted molar refractivity (Wildman–Crippen MR) is 94.9 cm³/mol. The predicted octanol–water partition coefficient (Wildman–Crippen LogP) is 3.54. The van der Waals surface area contributed by atoms with E-state index < -0.39 is 4.92 Å². The second-order valence-electron chi connectivity index (χ2n) is 5.21. The monoisotopic (exact) mass is 334 g/mol. The van der Waals surface area contributed by atoms with Crippen LogP contribution in [0.25, 0.3) is 12.2 Å². The lowest BCUT2D eigenvalue weighted by molar-refractivity contribution is -0.605. The highest BCUT2D eigenvalue weighted by molar-refractivity contribution is 5.73. The number of pyridine rings is 2. The van der Waals surface area contributed by atoms with Gasteiger partial charge in [-0.1, -0.05) is 18.2 Å². The van der Waals surface area contributed by atoms with Crippen molar-refractivity contribution in [2.24, 2.45) is 0 Å². The third-order valence-electron chi connectivity index (χ3n) is 3.40. The van der Waals surface area contributed by atoms with Crippen molar-refractivity contribution in [1.29, 1.82) is 0 Å². The lowest BCUT2D eigenvalue weighted by Crippen LogP contribution is -2.24. The maximum Gasteiger partial charge on any atom is 0.311 e. The fourth-order valence-corrected chi connectivity index (χ4v) is 2.26. The molecular formula is C18H14N4O3. The molecule has 1 N–H and O–H groups in total. The fourth-order valence-electron chi connectivity index (χ4n) is 2.26. The summed E-state index contributed by atoms with van der Waals surface area (Å²) in [7, 11) is 0. The molecule has 0 aliphatic carbocycles. The third kappa shape index (κ3) is 4.17. The van der Waals surface area contributed by atoms with Crippen molar-refractivity contribution in [2.75, 3.05) is 5.32 Å². The summed E-state index contributed by atoms with van der Waals surface area (Å²) < 4.78 is 0.734. The first-order valence-corrected chi connectivity index (χ1v) is 7.45. The van der Waals surface area contributed by atoms with Crippen molar-refractivity contribution < 1.29 is 9.65 Å². The van der Waals surface area contributed by atoms with E-state index in [1.807, 2.05) is 36.4 Å². The Kier molecular flexibility index (Phi) is 4.66. The molecule has 7 heteroatoms. The van der Waals surface area contributed by atoms with E-state index in [1.165, 1.54) is 30.7 Å². The molecule has 0 atom stereocenters. The van der Waals surface area contributed by atoms with Gasteiger partial charge in [0, 0.05) is 29.6 Å². The minimum atomic E-state index is -0.479. The number of hydrogen-bond acceptors (Lipinski definition) is 5. The van der Waals surface area contributed by atoms with Gasteiger partial charge in [-0.15, -0.1) is 0 Å². The van der Waals surface area contributed by atoms with Crippen molar-refractivity contribution in [3.63, 3.8) is 0 Å². The highest BCUT2D eigenvalue weighted by Crippen LogP contribution is 2.25. The standard InChI is InChI=1S/C18H14N4O3/c23-21-11-3-5-15(13-21)9-8-14-4-1-6-16(12-14)20-18-17(22(24)25)7-2-10-19-18/h1-13H,(H,19,20). The van der Waals surface area contributed by atoms with E-state index in [4.69, 9.17) is 0 Å². The first-order valence-electron chi connectivity index (χ1n) is 7.45. The number of benzene rings is 1. The van der Waals surface area contributed by atoms with Gasteiger partial charge >= 0.3 is 5.69 Å². The molecule has 2 aromatic heterocycles. The van der Waals surface area contributed by atoms with Crippen LogP contribution < -0.4 is 10.0 Å². The van der Waals surface area contributed by atoms with Crippen LogP contribution in [0.2, 0.25) is 0 Å². The molecule has 0 radical (unpaired) electrons. The zero-order chi connectivity index (χ0) is 17.6. The van der Waals surface area contributed by atoms with Gasteiger partial charge in [-0.2, -0.15) is 4.73 Å². The molecule has 124 valence electrons. The van der Waals surface area contributed by atoms with Crippen LogP contribution in [0.15, 0.2) is 67.1 Å². The molecule has 3 aromatic rings. The van der Waals surface area contributed by atoms with Gasteiger partial charge in [-0.3, -0.25) is 10.1 Å². The molecule has 2 heterocycles. The van der Waals surface area contributed by atoms with Gasteiger partial charge in [0.25, 0.3) is 0 Å². The summed E-state index contributed by atoms with van der Waals surface area (Å²) in [6.07, 6.45) is 8.05. The Morgan fingerprint density at radius 2 is 1.88 bits per heavy atom. The van der Waals surface area contributed by atoms with Crippen LogP contribution in [0.3, 0.4) is 0 Å². The number of aromatic nitrogens is 2. The molecule has 0 aliphatic heterocycles. The smallest absolute Gasteiger partial charge is 0.311 e. The van der Waals surface area contributed by atoms with Gasteiger partial charge in [0.15, 0.2) is 12.4 Å². The zero-order valence-corrected chi connectivity index (χ0v) is 13.1. The molecule has 0 unspecified atom stereocenters. The zero-order valence-electron chi connectivity index (χ0n) is 13.1. The van der Waals surface area contributed by atoms with Gasteiger partial charge in [0.2, 0.25) is 5.82 Å². The summed E-state index contributed by atoms with van der Waals surface area (Å²) in [4.78, 5) is 14.6. The highest BCUT2D eigenvalue weighted by atomic mass is 16.6. The van der Waals surface area contributed by atoms with Gasteiger partial charge < -0.3 is 10.5 Å². The maximum absolute atomic E-state index is 11.3. The Balaban J connectivity index is 1.82. The lowest BCUT2D eigenvalue weighted by atomic mass is 10.1. The van der Waals surface area contributed by atoms with E-state index in [0.29, 0.717) is 5.69 Å². The normalized spacial score (nSPS) is 10.7. The van der Waals surface area contributed by atoms with E-state index in [9.17, 15) is 15.3 Å². The Morgan fingerprint density at radius 3 is 2.68 bits per heavy atom. The molecule has 0 amide bonds. The number of nitrogens with zero attached hydrogens (tertiary/aromatic N) is 3. The summed E-state index contributed by atoms with van der Waals surface area (Å²) in [5, 5.41) is 25.3. The van der Waals surface area contributed by atoms with Crippen LogP contribution in [-0.2, 0) is 0 Å². The molecule has 0 aliphatic rings. The molecule has 0 bridgehead atoms. The maximum atomic E-state index is 11.3. The van der Waals surface area contributed by atoms with Gasteiger partial charge in [0.1, 0.15) is 0 Å². The van der Waals surface area contributed by atoms with Gasteiger partial charge in [-0.05, 0) is 35.9 Å². The number of rotatable bonds is 5. The topological polar surface area (TPSA) is 95.0 Å². The van der Waals surface area contributed by atoms with Crippen LogP contribution in [-0.4, -0.2) is 9.91 Å². The summed E-state index contributed by atoms with van der Waals surface area (Å²) >= 11 is 0. The Labute approximate surface area is 143 Å². The Hall–Kier alpha value is -3.74. The van der Waals surface area contributed by atoms with Gasteiger partial charge in [-0.25, -0.2) is 4.98 Å². The van der Waals surface area contributed by atoms with E-state index >= 15 is 0 Å². The molecular weight excluding hydrogens is 320 g/mol. The first kappa shape index (κ1) is 16.1. The number of anilines is 2. The van der Waals surface area contributed by atoms with Gasteiger partial charge in [0.05, 0.1) is 4.92 Å². The number of hydrogen-bond donors (Lipinski definition) is 1. The van der Waals surface area contributed by atoms with Crippen LogP contribution in [0.1, 0.15) is 11.1 Å². The summed E-state index contributed by atoms with van der Waals surface area (Å²) in [5.41, 5.74) is 2.24. The van der Waals surface area contributed by atoms with Crippen LogP contribution >= 0.6 is 0 Å². The SMILES string of the molecule is O=[N+]([O-])c1cccnc1Nc1cccc(C=Cc2ccc[n+]([O-])c2)c1. The number of nitrogens with one attached hydrogen (secondary N) is 1. The van der Waals surface area contributed by atoms with E-state index in [0.717, 1.165) is 15.9 Å². The molecule has 3 rings (SSSR count). The Morgan fingerprint density at radius 1 is 1.08 bits per heavy atom. The Bertz CT molecular complexity index is 941. The number of nitro groups is 1. The third-order valence-corrected chi connectivity index (χ3v) is 3.40. The summed E-state index contributed by atoms with van der Waals surface area (Å²) in [6.45, 7) is 0. The van der Waals surface area contributed by atoms with E-state index in [1.54, 1.807) is 12.1 Å². The first-order chi connectivity index (χ1) is 12.1. The minimum Gasteiger partial charge on any atom is -0.619 e. The van der Waals surface area contributed by atoms with Crippen molar-refractivity contribution in [2.45, 2.75) is 0 Å². The summed E-state index contributed by atoms with van der Waals surface area (Å²) in [5.74, 6) is 0.184. The molecule has 25 heavy (non-hydrogen) atoms. The van der Waals surface area contributed by atoms with Crippen molar-refractivity contribution >= 4 is 29.3 Å². The second-order valence-corrected chi connectivity index (χ2v) is 5.21. The lowest BCUT2D eigenvalue weighted by Gasteiger charge is -2.06. The second kappa shape index (κ2) is 7.22. The van der Waals surface area contributed by atoms with Crippen LogP contribution in [0.5, 0.6) is 0 Å². The summed E-state index contributed by atoms with van der Waals surface area (Å²) in [6, 6.07) is 13.8. The average molecular weight is 334 g/mol. The van der Waals surface area contributed by atoms with E-state index in [-0.39, 0.29) is 11.5 Å². The molecule has 7 nitrogen and oxygen atoms in total. The molecule has 0 fully saturated rings. The van der Waals surface area contributed by atoms with Crippen molar-refractivity contribution in [3.8, 4) is 0 Å². The molecule has 0 spiro atoms. The van der Waals surface area contributed by atoms with E-state index in [2.05, 4.69) is 10.3 Å². The van der Waals surface area contributed by atoms with Crippen LogP contribution in [0, 0.1) is 15.3 Å². The minimum absolute atomic E-state index is 0.0901. The molecule has 1 aromatic carbocycles. The fraction of sp³-hybridized carbons (Fsp3) is 0. The van der Waals surface area contributed by atoms with Crippen LogP contribution in [0.4, 0.5) is 17.2 Å². The largest absolute Gasteiger partial charge is 0.619 e. The quantitative estimate of drug-likeness (QED) is 0.333. The highest BCUT2D eigenvalue weighted by Gasteiger charge is 2.13.